The Labute approximate surface area is 135 Å². The van der Waals surface area contributed by atoms with Crippen LogP contribution < -0.4 is 10.7 Å². The highest BCUT2D eigenvalue weighted by Crippen LogP contribution is 2.30. The maximum atomic E-state index is 11.8. The van der Waals surface area contributed by atoms with Crippen molar-refractivity contribution in [1.82, 2.24) is 0 Å². The van der Waals surface area contributed by atoms with Crippen molar-refractivity contribution >= 4 is 35.6 Å². The molecule has 6 nitrogen and oxygen atoms in total. The molecule has 2 N–H and O–H groups in total. The van der Waals surface area contributed by atoms with Gasteiger partial charge in [0, 0.05) is 9.79 Å². The Hall–Kier alpha value is -2.93. The number of aldehydes is 1. The van der Waals surface area contributed by atoms with Crippen LogP contribution in [0, 0.1) is 0 Å². The van der Waals surface area contributed by atoms with Crippen molar-refractivity contribution in [3.05, 3.63) is 64.3 Å². The number of carboxylic acids is 1. The molecule has 2 aromatic rings. The van der Waals surface area contributed by atoms with E-state index in [9.17, 15) is 19.2 Å². The quantitative estimate of drug-likeness (QED) is 0.643. The van der Waals surface area contributed by atoms with Crippen molar-refractivity contribution in [2.75, 3.05) is 5.32 Å². The number of rotatable bonds is 5. The number of carbonyl (C=O) groups is 3. The molecular formula is C16H11NO5S. The molecule has 23 heavy (non-hydrogen) atoms. The maximum absolute atomic E-state index is 11.8. The van der Waals surface area contributed by atoms with E-state index in [0.717, 1.165) is 0 Å². The summed E-state index contributed by atoms with van der Waals surface area (Å²) >= 11 is 1.18. The molecule has 0 fully saturated rings. The highest BCUT2D eigenvalue weighted by atomic mass is 32.2. The number of nitrogens with one attached hydrogen (secondary N) is 1. The molecule has 0 atom stereocenters. The van der Waals surface area contributed by atoms with E-state index in [2.05, 4.69) is 5.32 Å². The van der Waals surface area contributed by atoms with Crippen LogP contribution in [0.1, 0.15) is 10.4 Å². The molecule has 0 aliphatic rings. The molecule has 0 radical (unpaired) electrons. The van der Waals surface area contributed by atoms with Gasteiger partial charge in [0.15, 0.2) is 0 Å². The molecule has 2 rings (SSSR count). The van der Waals surface area contributed by atoms with E-state index < -0.39 is 17.3 Å². The molecule has 0 saturated carbocycles. The number of amides is 1. The molecule has 7 heteroatoms. The lowest BCUT2D eigenvalue weighted by Crippen LogP contribution is -2.17. The largest absolute Gasteiger partial charge is 0.478 e. The van der Waals surface area contributed by atoms with Crippen LogP contribution in [0.25, 0.3) is 0 Å². The first-order chi connectivity index (χ1) is 11.0. The van der Waals surface area contributed by atoms with Gasteiger partial charge in [0.25, 0.3) is 5.91 Å². The summed E-state index contributed by atoms with van der Waals surface area (Å²) in [5.41, 5.74) is -0.333. The molecule has 0 unspecified atom stereocenters. The Morgan fingerprint density at radius 3 is 2.43 bits per heavy atom. The highest BCUT2D eigenvalue weighted by molar-refractivity contribution is 7.99. The molecule has 116 valence electrons. The fourth-order valence-electron chi connectivity index (χ4n) is 1.74. The second-order valence-electron chi connectivity index (χ2n) is 4.36. The number of carboxylic acid groups (broad SMARTS) is 1. The van der Waals surface area contributed by atoms with E-state index in [1.807, 2.05) is 0 Å². The van der Waals surface area contributed by atoms with Crippen molar-refractivity contribution in [2.24, 2.45) is 0 Å². The minimum Gasteiger partial charge on any atom is -0.478 e. The van der Waals surface area contributed by atoms with Crippen LogP contribution in [0.2, 0.25) is 0 Å². The van der Waals surface area contributed by atoms with E-state index >= 15 is 0 Å². The van der Waals surface area contributed by atoms with Gasteiger partial charge >= 0.3 is 5.97 Å². The van der Waals surface area contributed by atoms with Crippen LogP contribution in [-0.4, -0.2) is 23.3 Å². The zero-order valence-electron chi connectivity index (χ0n) is 11.7. The summed E-state index contributed by atoms with van der Waals surface area (Å²) in [6, 6.07) is 12.2. The summed E-state index contributed by atoms with van der Waals surface area (Å²) in [6.07, 6.45) is 0.0746. The third kappa shape index (κ3) is 4.27. The van der Waals surface area contributed by atoms with Crippen molar-refractivity contribution < 1.29 is 19.5 Å². The van der Waals surface area contributed by atoms with Gasteiger partial charge in [0.2, 0.25) is 11.7 Å². The Morgan fingerprint density at radius 1 is 1.04 bits per heavy atom. The summed E-state index contributed by atoms with van der Waals surface area (Å²) in [6.45, 7) is 0. The lowest BCUT2D eigenvalue weighted by molar-refractivity contribution is -0.127. The van der Waals surface area contributed by atoms with Crippen LogP contribution >= 0.6 is 11.8 Å². The molecule has 0 heterocycles. The molecule has 0 bridgehead atoms. The first-order valence-electron chi connectivity index (χ1n) is 6.42. The summed E-state index contributed by atoms with van der Waals surface area (Å²) < 4.78 is 0. The minimum absolute atomic E-state index is 0.0273. The molecule has 0 aliphatic heterocycles. The summed E-state index contributed by atoms with van der Waals surface area (Å²) in [5.74, 6) is -1.96. The molecular weight excluding hydrogens is 318 g/mol. The predicted molar refractivity (Wildman–Crippen MR) is 84.9 cm³/mol. The van der Waals surface area contributed by atoms with E-state index in [4.69, 9.17) is 5.11 Å². The second kappa shape index (κ2) is 7.37. The fraction of sp³-hybridized carbons (Fsp3) is 0. The number of hydrogen-bond donors (Lipinski definition) is 2. The average Bonchev–Trinajstić information content (AvgIpc) is 2.71. The SMILES string of the molecule is O=CC(=O)Nc1ccc(Sc2ccccc2C(=O)O)ccc1=O. The monoisotopic (exact) mass is 329 g/mol. The molecule has 0 aliphatic carbocycles. The van der Waals surface area contributed by atoms with Crippen molar-refractivity contribution in [2.45, 2.75) is 9.79 Å². The Morgan fingerprint density at radius 2 is 1.74 bits per heavy atom. The summed E-state index contributed by atoms with van der Waals surface area (Å²) in [7, 11) is 0. The maximum Gasteiger partial charge on any atom is 0.336 e. The number of anilines is 1. The zero-order chi connectivity index (χ0) is 16.8. The van der Waals surface area contributed by atoms with Gasteiger partial charge in [0.05, 0.1) is 11.3 Å². The number of aromatic carboxylic acids is 1. The Bertz CT molecular complexity index is 835. The summed E-state index contributed by atoms with van der Waals surface area (Å²) in [5, 5.41) is 11.3. The van der Waals surface area contributed by atoms with Crippen molar-refractivity contribution in [3.63, 3.8) is 0 Å². The smallest absolute Gasteiger partial charge is 0.336 e. The van der Waals surface area contributed by atoms with Crippen LogP contribution in [0.15, 0.2) is 63.1 Å². The van der Waals surface area contributed by atoms with E-state index in [1.165, 1.54) is 36.0 Å². The van der Waals surface area contributed by atoms with Gasteiger partial charge in [-0.3, -0.25) is 14.4 Å². The van der Waals surface area contributed by atoms with Crippen LogP contribution in [-0.2, 0) is 9.59 Å². The van der Waals surface area contributed by atoms with Gasteiger partial charge in [-0.2, -0.15) is 0 Å². The molecule has 0 saturated heterocycles. The Balaban J connectivity index is 2.34. The molecule has 1 amide bonds. The van der Waals surface area contributed by atoms with E-state index in [-0.39, 0.29) is 17.5 Å². The fourth-order valence-corrected chi connectivity index (χ4v) is 2.68. The zero-order valence-corrected chi connectivity index (χ0v) is 12.5. The van der Waals surface area contributed by atoms with Gasteiger partial charge in [-0.1, -0.05) is 23.9 Å². The molecule has 0 aromatic heterocycles. The highest BCUT2D eigenvalue weighted by Gasteiger charge is 2.10. The third-order valence-corrected chi connectivity index (χ3v) is 3.87. The standard InChI is InChI=1S/C16H11NO5S/c18-9-15(20)17-12-7-5-10(6-8-13(12)19)23-14-4-2-1-3-11(14)16(21)22/h1-9H,(H,21,22)(H,17,19,20). The van der Waals surface area contributed by atoms with Crippen LogP contribution in [0.5, 0.6) is 0 Å². The second-order valence-corrected chi connectivity index (χ2v) is 5.47. The predicted octanol–water partition coefficient (Wildman–Crippen LogP) is 2.03. The van der Waals surface area contributed by atoms with Gasteiger partial charge in [-0.05, 0) is 36.4 Å². The van der Waals surface area contributed by atoms with Gasteiger partial charge < -0.3 is 10.4 Å². The van der Waals surface area contributed by atoms with Gasteiger partial charge in [-0.25, -0.2) is 4.79 Å². The summed E-state index contributed by atoms with van der Waals surface area (Å²) in [4.78, 5) is 45.5. The number of benzene rings is 1. The van der Waals surface area contributed by atoms with Crippen LogP contribution in [0.4, 0.5) is 5.69 Å². The lowest BCUT2D eigenvalue weighted by Gasteiger charge is -2.04. The van der Waals surface area contributed by atoms with Crippen LogP contribution in [0.3, 0.4) is 0 Å². The number of carbonyl (C=O) groups excluding carboxylic acids is 2. The van der Waals surface area contributed by atoms with Crippen molar-refractivity contribution in [3.8, 4) is 0 Å². The first kappa shape index (κ1) is 16.4. The number of hydrogen-bond acceptors (Lipinski definition) is 5. The van der Waals surface area contributed by atoms with E-state index in [1.54, 1.807) is 24.3 Å². The average molecular weight is 329 g/mol. The Kier molecular flexibility index (Phi) is 5.27. The van der Waals surface area contributed by atoms with Crippen molar-refractivity contribution in [1.29, 1.82) is 0 Å². The van der Waals surface area contributed by atoms with Gasteiger partial charge in [-0.15, -0.1) is 0 Å². The van der Waals surface area contributed by atoms with Gasteiger partial charge in [0.1, 0.15) is 0 Å². The lowest BCUT2D eigenvalue weighted by atomic mass is 10.2. The normalized spacial score (nSPS) is 9.91. The first-order valence-corrected chi connectivity index (χ1v) is 7.23. The topological polar surface area (TPSA) is 101 Å². The van der Waals surface area contributed by atoms with E-state index in [0.29, 0.717) is 9.79 Å². The molecule has 0 spiro atoms. The third-order valence-electron chi connectivity index (χ3n) is 2.79. The minimum atomic E-state index is -1.04. The molecule has 2 aromatic carbocycles.